The Balaban J connectivity index is 2.29. The van der Waals surface area contributed by atoms with Gasteiger partial charge in [0.15, 0.2) is 17.2 Å². The second kappa shape index (κ2) is 10.8. The van der Waals surface area contributed by atoms with Gasteiger partial charge in [-0.3, -0.25) is 19.3 Å². The highest BCUT2D eigenvalue weighted by molar-refractivity contribution is 7.09. The highest BCUT2D eigenvalue weighted by Crippen LogP contribution is 2.38. The van der Waals surface area contributed by atoms with Gasteiger partial charge in [-0.25, -0.2) is 4.39 Å². The zero-order valence-corrected chi connectivity index (χ0v) is 21.8. The number of carbonyl (C=O) groups excluding carboxylic acids is 3. The maximum atomic E-state index is 14.0. The number of nitrogens with two attached hydrogens (primary N) is 2. The summed E-state index contributed by atoms with van der Waals surface area (Å²) in [4.78, 5) is 40.6. The van der Waals surface area contributed by atoms with Crippen LogP contribution in [0.3, 0.4) is 0 Å². The van der Waals surface area contributed by atoms with E-state index < -0.39 is 35.1 Å². The van der Waals surface area contributed by atoms with Gasteiger partial charge in [0, 0.05) is 17.3 Å². The summed E-state index contributed by atoms with van der Waals surface area (Å²) in [5, 5.41) is 2.88. The number of hydrogen-bond acceptors (Lipinski definition) is 8. The molecule has 0 fully saturated rings. The monoisotopic (exact) mass is 529 g/mol. The molecule has 3 aromatic rings. The van der Waals surface area contributed by atoms with Crippen LogP contribution in [0.5, 0.6) is 11.5 Å². The average Bonchev–Trinajstić information content (AvgIpc) is 3.22. The fourth-order valence-corrected chi connectivity index (χ4v) is 4.34. The van der Waals surface area contributed by atoms with Gasteiger partial charge in [-0.15, -0.1) is 0 Å². The van der Waals surface area contributed by atoms with E-state index in [4.69, 9.17) is 20.9 Å². The quantitative estimate of drug-likeness (QED) is 0.405. The fraction of sp³-hybridized carbons (Fsp3) is 0.280. The molecule has 3 amide bonds. The van der Waals surface area contributed by atoms with Crippen LogP contribution in [0, 0.1) is 5.82 Å². The minimum atomic E-state index is -1.27. The molecule has 0 aliphatic carbocycles. The zero-order chi connectivity index (χ0) is 27.5. The molecule has 10 nitrogen and oxygen atoms in total. The van der Waals surface area contributed by atoms with Crippen LogP contribution in [0.25, 0.3) is 0 Å². The van der Waals surface area contributed by atoms with Crippen LogP contribution in [0.2, 0.25) is 0 Å². The molecule has 0 saturated carbocycles. The van der Waals surface area contributed by atoms with E-state index >= 15 is 0 Å². The number of amides is 3. The van der Waals surface area contributed by atoms with Crippen LogP contribution in [-0.4, -0.2) is 41.9 Å². The standard InChI is InChI=1S/C25H28FN5O5S/c1-25(2,3)29-23(33)20(13-6-8-14(26)9-7-13)31(15-10-11-16(35-4)17(12-15)36-5)24(34)21-18(27)19(22(28)32)30-37-21/h6-12,20H,27H2,1-5H3,(H2,28,32)(H,29,33)/t20-/m1/s1. The molecule has 0 aliphatic rings. The van der Waals surface area contributed by atoms with Crippen LogP contribution in [-0.2, 0) is 4.79 Å². The SMILES string of the molecule is COc1ccc(N(C(=O)c2snc(C(N)=O)c2N)[C@@H](C(=O)NC(C)(C)C)c2ccc(F)cc2)cc1OC. The van der Waals surface area contributed by atoms with Crippen molar-refractivity contribution in [3.8, 4) is 11.5 Å². The molecule has 1 aromatic heterocycles. The molecule has 1 heterocycles. The van der Waals surface area contributed by atoms with Crippen molar-refractivity contribution in [2.24, 2.45) is 5.73 Å². The molecule has 0 radical (unpaired) electrons. The first-order chi connectivity index (χ1) is 17.4. The maximum absolute atomic E-state index is 14.0. The molecule has 0 saturated heterocycles. The summed E-state index contributed by atoms with van der Waals surface area (Å²) in [7, 11) is 2.89. The summed E-state index contributed by atoms with van der Waals surface area (Å²) >= 11 is 0.678. The number of halogens is 1. The van der Waals surface area contributed by atoms with Gasteiger partial charge in [0.1, 0.15) is 16.7 Å². The minimum absolute atomic E-state index is 0.0979. The van der Waals surface area contributed by atoms with E-state index in [2.05, 4.69) is 9.69 Å². The van der Waals surface area contributed by atoms with Crippen molar-refractivity contribution in [3.63, 3.8) is 0 Å². The predicted molar refractivity (Wildman–Crippen MR) is 138 cm³/mol. The van der Waals surface area contributed by atoms with Crippen molar-refractivity contribution in [1.29, 1.82) is 0 Å². The predicted octanol–water partition coefficient (Wildman–Crippen LogP) is 3.28. The van der Waals surface area contributed by atoms with Crippen LogP contribution in [0.15, 0.2) is 42.5 Å². The van der Waals surface area contributed by atoms with Gasteiger partial charge in [-0.2, -0.15) is 4.37 Å². The first kappa shape index (κ1) is 27.4. The Bertz CT molecular complexity index is 1320. The molecule has 0 unspecified atom stereocenters. The molecule has 1 atom stereocenters. The molecule has 0 bridgehead atoms. The van der Waals surface area contributed by atoms with Crippen molar-refractivity contribution in [2.75, 3.05) is 24.9 Å². The van der Waals surface area contributed by atoms with Crippen molar-refractivity contribution < 1.29 is 28.2 Å². The molecule has 196 valence electrons. The lowest BCUT2D eigenvalue weighted by Gasteiger charge is -2.34. The van der Waals surface area contributed by atoms with Crippen molar-refractivity contribution >= 4 is 40.6 Å². The van der Waals surface area contributed by atoms with Crippen molar-refractivity contribution in [2.45, 2.75) is 32.4 Å². The number of nitrogens with one attached hydrogen (secondary N) is 1. The Kier molecular flexibility index (Phi) is 8.02. The van der Waals surface area contributed by atoms with Gasteiger partial charge in [0.25, 0.3) is 11.8 Å². The van der Waals surface area contributed by atoms with E-state index in [1.54, 1.807) is 32.9 Å². The topological polar surface area (TPSA) is 150 Å². The third-order valence-corrected chi connectivity index (χ3v) is 6.06. The first-order valence-electron chi connectivity index (χ1n) is 11.1. The number of ether oxygens (including phenoxy) is 2. The Labute approximate surface area is 217 Å². The number of aromatic nitrogens is 1. The lowest BCUT2D eigenvalue weighted by molar-refractivity contribution is -0.123. The fourth-order valence-electron chi connectivity index (χ4n) is 3.60. The molecule has 12 heteroatoms. The van der Waals surface area contributed by atoms with Crippen LogP contribution in [0.4, 0.5) is 15.8 Å². The maximum Gasteiger partial charge on any atom is 0.273 e. The molecule has 5 N–H and O–H groups in total. The van der Waals surface area contributed by atoms with Gasteiger partial charge in [-0.05, 0) is 62.1 Å². The third kappa shape index (κ3) is 5.97. The molecular formula is C25H28FN5O5S. The Morgan fingerprint density at radius 1 is 1.05 bits per heavy atom. The lowest BCUT2D eigenvalue weighted by atomic mass is 10.00. The summed E-state index contributed by atoms with van der Waals surface area (Å²) in [6.45, 7) is 5.36. The van der Waals surface area contributed by atoms with E-state index in [9.17, 15) is 18.8 Å². The van der Waals surface area contributed by atoms with Gasteiger partial charge in [-0.1, -0.05) is 12.1 Å². The van der Waals surface area contributed by atoms with E-state index in [-0.39, 0.29) is 21.9 Å². The van der Waals surface area contributed by atoms with E-state index in [0.717, 1.165) is 0 Å². The van der Waals surface area contributed by atoms with Gasteiger partial charge in [0.05, 0.1) is 19.9 Å². The number of nitrogens with zero attached hydrogens (tertiary/aromatic N) is 2. The number of rotatable bonds is 8. The van der Waals surface area contributed by atoms with Crippen molar-refractivity contribution in [3.05, 3.63) is 64.4 Å². The average molecular weight is 530 g/mol. The van der Waals surface area contributed by atoms with E-state index in [1.807, 2.05) is 0 Å². The zero-order valence-electron chi connectivity index (χ0n) is 21.0. The van der Waals surface area contributed by atoms with Gasteiger partial charge < -0.3 is 26.3 Å². The number of primary amides is 1. The molecule has 3 rings (SSSR count). The van der Waals surface area contributed by atoms with Crippen molar-refractivity contribution in [1.82, 2.24) is 9.69 Å². The Morgan fingerprint density at radius 3 is 2.19 bits per heavy atom. The number of methoxy groups -OCH3 is 2. The summed E-state index contributed by atoms with van der Waals surface area (Å²) in [6.07, 6.45) is 0. The number of carbonyl (C=O) groups is 3. The van der Waals surface area contributed by atoms with E-state index in [0.29, 0.717) is 28.6 Å². The molecule has 2 aromatic carbocycles. The number of hydrogen-bond donors (Lipinski definition) is 3. The summed E-state index contributed by atoms with van der Waals surface area (Å²) in [5.41, 5.74) is 10.9. The van der Waals surface area contributed by atoms with Gasteiger partial charge >= 0.3 is 0 Å². The Morgan fingerprint density at radius 2 is 1.68 bits per heavy atom. The number of anilines is 2. The van der Waals surface area contributed by atoms with E-state index in [1.165, 1.54) is 49.5 Å². The lowest BCUT2D eigenvalue weighted by Crippen LogP contribution is -2.49. The highest BCUT2D eigenvalue weighted by atomic mass is 32.1. The summed E-state index contributed by atoms with van der Waals surface area (Å²) < 4.78 is 28.4. The Hall–Kier alpha value is -4.19. The molecular weight excluding hydrogens is 501 g/mol. The highest BCUT2D eigenvalue weighted by Gasteiger charge is 2.37. The van der Waals surface area contributed by atoms with Gasteiger partial charge in [0.2, 0.25) is 5.91 Å². The number of nitrogen functional groups attached to an aromatic ring is 1. The normalized spacial score (nSPS) is 11.9. The smallest absolute Gasteiger partial charge is 0.273 e. The largest absolute Gasteiger partial charge is 0.493 e. The van der Waals surface area contributed by atoms with Crippen LogP contribution < -0.4 is 31.2 Å². The second-order valence-electron chi connectivity index (χ2n) is 9.05. The number of benzene rings is 2. The van der Waals surface area contributed by atoms with Crippen LogP contribution >= 0.6 is 11.5 Å². The molecule has 0 spiro atoms. The summed E-state index contributed by atoms with van der Waals surface area (Å²) in [6, 6.07) is 8.58. The van der Waals surface area contributed by atoms with Crippen LogP contribution in [0.1, 0.15) is 52.5 Å². The summed E-state index contributed by atoms with van der Waals surface area (Å²) in [5.74, 6) is -1.99. The third-order valence-electron chi connectivity index (χ3n) is 5.21. The first-order valence-corrected chi connectivity index (χ1v) is 11.8. The molecule has 37 heavy (non-hydrogen) atoms. The second-order valence-corrected chi connectivity index (χ2v) is 9.82. The molecule has 0 aliphatic heterocycles. The minimum Gasteiger partial charge on any atom is -0.493 e.